The molecule has 1 aromatic rings. The van der Waals surface area contributed by atoms with Crippen molar-refractivity contribution in [3.05, 3.63) is 24.0 Å². The van der Waals surface area contributed by atoms with Crippen molar-refractivity contribution in [1.82, 2.24) is 15.2 Å². The Bertz CT molecular complexity index is 486. The number of likely N-dealkylation sites (N-methyl/N-ethyl adjacent to an activating group) is 1. The molecule has 1 unspecified atom stereocenters. The van der Waals surface area contributed by atoms with Crippen molar-refractivity contribution in [2.45, 2.75) is 25.8 Å². The van der Waals surface area contributed by atoms with E-state index in [4.69, 9.17) is 0 Å². The Labute approximate surface area is 118 Å². The number of anilines is 1. The standard InChI is InChI=1S/C14H20N4O2/c1-3-15-10-4-6-12(16-8-10)14(20)17-11-5-7-13(19)18(2)9-11/h4,6,8,11,15H,3,5,7,9H2,1-2H3,(H,17,20). The molecule has 1 aliphatic heterocycles. The highest BCUT2D eigenvalue weighted by Gasteiger charge is 2.24. The predicted molar refractivity (Wildman–Crippen MR) is 76.5 cm³/mol. The van der Waals surface area contributed by atoms with Crippen LogP contribution in [0.3, 0.4) is 0 Å². The molecule has 1 fully saturated rings. The lowest BCUT2D eigenvalue weighted by atomic mass is 10.1. The molecule has 6 nitrogen and oxygen atoms in total. The van der Waals surface area contributed by atoms with E-state index in [1.807, 2.05) is 13.0 Å². The fourth-order valence-corrected chi connectivity index (χ4v) is 2.23. The number of rotatable bonds is 4. The van der Waals surface area contributed by atoms with E-state index in [1.165, 1.54) is 0 Å². The highest BCUT2D eigenvalue weighted by Crippen LogP contribution is 2.11. The maximum Gasteiger partial charge on any atom is 0.270 e. The van der Waals surface area contributed by atoms with Crippen LogP contribution in [0.25, 0.3) is 0 Å². The van der Waals surface area contributed by atoms with Crippen molar-refractivity contribution >= 4 is 17.5 Å². The van der Waals surface area contributed by atoms with E-state index < -0.39 is 0 Å². The summed E-state index contributed by atoms with van der Waals surface area (Å²) in [5, 5.41) is 6.05. The smallest absolute Gasteiger partial charge is 0.270 e. The molecular formula is C14H20N4O2. The van der Waals surface area contributed by atoms with Gasteiger partial charge in [0.2, 0.25) is 5.91 Å². The first kappa shape index (κ1) is 14.3. The van der Waals surface area contributed by atoms with E-state index in [-0.39, 0.29) is 17.9 Å². The lowest BCUT2D eigenvalue weighted by molar-refractivity contribution is -0.132. The molecule has 0 saturated carbocycles. The molecule has 20 heavy (non-hydrogen) atoms. The van der Waals surface area contributed by atoms with Crippen LogP contribution in [0.5, 0.6) is 0 Å². The molecule has 0 aromatic carbocycles. The zero-order valence-electron chi connectivity index (χ0n) is 11.8. The van der Waals surface area contributed by atoms with Crippen LogP contribution in [0.2, 0.25) is 0 Å². The molecule has 1 aromatic heterocycles. The van der Waals surface area contributed by atoms with Crippen molar-refractivity contribution in [3.63, 3.8) is 0 Å². The zero-order valence-corrected chi connectivity index (χ0v) is 11.8. The van der Waals surface area contributed by atoms with Crippen LogP contribution in [-0.4, -0.2) is 47.9 Å². The SMILES string of the molecule is CCNc1ccc(C(=O)NC2CCC(=O)N(C)C2)nc1. The van der Waals surface area contributed by atoms with Gasteiger partial charge in [0.25, 0.3) is 5.91 Å². The highest BCUT2D eigenvalue weighted by atomic mass is 16.2. The summed E-state index contributed by atoms with van der Waals surface area (Å²) in [7, 11) is 1.75. The van der Waals surface area contributed by atoms with Crippen LogP contribution in [0.4, 0.5) is 5.69 Å². The second-order valence-corrected chi connectivity index (χ2v) is 4.95. The van der Waals surface area contributed by atoms with Gasteiger partial charge in [0.15, 0.2) is 0 Å². The van der Waals surface area contributed by atoms with Crippen molar-refractivity contribution in [3.8, 4) is 0 Å². The number of aromatic nitrogens is 1. The number of hydrogen-bond acceptors (Lipinski definition) is 4. The normalized spacial score (nSPS) is 18.8. The second kappa shape index (κ2) is 6.36. The molecule has 0 radical (unpaired) electrons. The molecular weight excluding hydrogens is 256 g/mol. The zero-order chi connectivity index (χ0) is 14.5. The van der Waals surface area contributed by atoms with Gasteiger partial charge in [-0.3, -0.25) is 9.59 Å². The van der Waals surface area contributed by atoms with Gasteiger partial charge in [-0.15, -0.1) is 0 Å². The third-order valence-electron chi connectivity index (χ3n) is 3.34. The minimum Gasteiger partial charge on any atom is -0.384 e. The molecule has 2 amide bonds. The largest absolute Gasteiger partial charge is 0.384 e. The van der Waals surface area contributed by atoms with Gasteiger partial charge in [0.1, 0.15) is 5.69 Å². The third kappa shape index (κ3) is 3.46. The minimum atomic E-state index is -0.194. The van der Waals surface area contributed by atoms with Gasteiger partial charge in [0, 0.05) is 32.6 Å². The Kier molecular flexibility index (Phi) is 4.55. The van der Waals surface area contributed by atoms with Crippen LogP contribution in [0.15, 0.2) is 18.3 Å². The van der Waals surface area contributed by atoms with Gasteiger partial charge in [-0.25, -0.2) is 4.98 Å². The third-order valence-corrected chi connectivity index (χ3v) is 3.34. The molecule has 2 heterocycles. The molecule has 2 N–H and O–H groups in total. The fraction of sp³-hybridized carbons (Fsp3) is 0.500. The number of piperidine rings is 1. The number of amides is 2. The summed E-state index contributed by atoms with van der Waals surface area (Å²) in [4.78, 5) is 29.3. The maximum absolute atomic E-state index is 12.1. The first-order valence-electron chi connectivity index (χ1n) is 6.85. The molecule has 1 saturated heterocycles. The minimum absolute atomic E-state index is 0.000410. The summed E-state index contributed by atoms with van der Waals surface area (Å²) in [6.07, 6.45) is 2.81. The Morgan fingerprint density at radius 2 is 2.30 bits per heavy atom. The first-order valence-corrected chi connectivity index (χ1v) is 6.85. The summed E-state index contributed by atoms with van der Waals surface area (Å²) in [5.41, 5.74) is 1.29. The van der Waals surface area contributed by atoms with Gasteiger partial charge in [-0.1, -0.05) is 0 Å². The van der Waals surface area contributed by atoms with Gasteiger partial charge in [0.05, 0.1) is 11.9 Å². The lowest BCUT2D eigenvalue weighted by Crippen LogP contribution is -2.48. The monoisotopic (exact) mass is 276 g/mol. The van der Waals surface area contributed by atoms with Crippen LogP contribution < -0.4 is 10.6 Å². The van der Waals surface area contributed by atoms with E-state index in [1.54, 1.807) is 24.2 Å². The predicted octanol–water partition coefficient (Wildman–Crippen LogP) is 0.864. The van der Waals surface area contributed by atoms with Gasteiger partial charge >= 0.3 is 0 Å². The number of pyridine rings is 1. The molecule has 0 aliphatic carbocycles. The first-order chi connectivity index (χ1) is 9.60. The van der Waals surface area contributed by atoms with Crippen LogP contribution in [-0.2, 0) is 4.79 Å². The number of likely N-dealkylation sites (tertiary alicyclic amines) is 1. The summed E-state index contributed by atoms with van der Waals surface area (Å²) < 4.78 is 0. The summed E-state index contributed by atoms with van der Waals surface area (Å²) in [6, 6.07) is 3.54. The summed E-state index contributed by atoms with van der Waals surface area (Å²) >= 11 is 0. The average molecular weight is 276 g/mol. The number of hydrogen-bond donors (Lipinski definition) is 2. The Morgan fingerprint density at radius 3 is 2.90 bits per heavy atom. The van der Waals surface area contributed by atoms with Gasteiger partial charge in [-0.05, 0) is 25.5 Å². The molecule has 2 rings (SSSR count). The number of carbonyl (C=O) groups is 2. The van der Waals surface area contributed by atoms with Crippen molar-refractivity contribution in [2.24, 2.45) is 0 Å². The van der Waals surface area contributed by atoms with Crippen LogP contribution >= 0.6 is 0 Å². The van der Waals surface area contributed by atoms with Crippen LogP contribution in [0, 0.1) is 0 Å². The Balaban J connectivity index is 1.92. The average Bonchev–Trinajstić information content (AvgIpc) is 2.44. The summed E-state index contributed by atoms with van der Waals surface area (Å²) in [5.74, 6) is -0.0654. The van der Waals surface area contributed by atoms with Crippen molar-refractivity contribution in [1.29, 1.82) is 0 Å². The fourth-order valence-electron chi connectivity index (χ4n) is 2.23. The highest BCUT2D eigenvalue weighted by molar-refractivity contribution is 5.92. The molecule has 1 aliphatic rings. The summed E-state index contributed by atoms with van der Waals surface area (Å²) in [6.45, 7) is 3.37. The van der Waals surface area contributed by atoms with Gasteiger partial charge in [-0.2, -0.15) is 0 Å². The van der Waals surface area contributed by atoms with Crippen molar-refractivity contribution in [2.75, 3.05) is 25.5 Å². The van der Waals surface area contributed by atoms with E-state index in [9.17, 15) is 9.59 Å². The maximum atomic E-state index is 12.1. The number of nitrogens with zero attached hydrogens (tertiary/aromatic N) is 2. The molecule has 0 bridgehead atoms. The van der Waals surface area contributed by atoms with E-state index in [2.05, 4.69) is 15.6 Å². The van der Waals surface area contributed by atoms with Crippen LogP contribution in [0.1, 0.15) is 30.3 Å². The molecule has 0 spiro atoms. The number of carbonyl (C=O) groups excluding carboxylic acids is 2. The van der Waals surface area contributed by atoms with Crippen molar-refractivity contribution < 1.29 is 9.59 Å². The molecule has 1 atom stereocenters. The van der Waals surface area contributed by atoms with E-state index >= 15 is 0 Å². The Hall–Kier alpha value is -2.11. The Morgan fingerprint density at radius 1 is 1.50 bits per heavy atom. The van der Waals surface area contributed by atoms with E-state index in [0.717, 1.165) is 12.2 Å². The van der Waals surface area contributed by atoms with Gasteiger partial charge < -0.3 is 15.5 Å². The molecule has 6 heteroatoms. The lowest BCUT2D eigenvalue weighted by Gasteiger charge is -2.30. The second-order valence-electron chi connectivity index (χ2n) is 4.95. The van der Waals surface area contributed by atoms with E-state index in [0.29, 0.717) is 25.1 Å². The quantitative estimate of drug-likeness (QED) is 0.855. The number of nitrogens with one attached hydrogen (secondary N) is 2. The topological polar surface area (TPSA) is 74.3 Å². The molecule has 108 valence electrons.